The lowest BCUT2D eigenvalue weighted by atomic mass is 9.82. The lowest BCUT2D eigenvalue weighted by Crippen LogP contribution is -2.25. The molecule has 0 amide bonds. The molecule has 5 nitrogen and oxygen atoms in total. The summed E-state index contributed by atoms with van der Waals surface area (Å²) in [6.45, 7) is 8.07. The molecule has 160 valence electrons. The first-order valence-corrected chi connectivity index (χ1v) is 11.2. The third-order valence-corrected chi connectivity index (χ3v) is 6.23. The van der Waals surface area contributed by atoms with Crippen molar-refractivity contribution in [2.24, 2.45) is 4.99 Å². The van der Waals surface area contributed by atoms with Crippen LogP contribution in [0.1, 0.15) is 61.1 Å². The number of carbonyl (C=O) groups is 1. The average molecular weight is 436 g/mol. The van der Waals surface area contributed by atoms with Crippen LogP contribution in [-0.4, -0.2) is 17.7 Å². The van der Waals surface area contributed by atoms with Gasteiger partial charge in [-0.25, -0.2) is 9.79 Å². The molecule has 3 heterocycles. The van der Waals surface area contributed by atoms with Crippen LogP contribution in [0.5, 0.6) is 5.75 Å². The number of hydrogen-bond donors (Lipinski definition) is 1. The Morgan fingerprint density at radius 3 is 2.65 bits per heavy atom. The molecule has 0 radical (unpaired) electrons. The van der Waals surface area contributed by atoms with Crippen LogP contribution in [0.25, 0.3) is 6.08 Å². The number of allylic oxidation sites excluding steroid dienone is 1. The predicted molar refractivity (Wildman–Crippen MR) is 121 cm³/mol. The van der Waals surface area contributed by atoms with Crippen LogP contribution >= 0.6 is 11.3 Å². The Kier molecular flexibility index (Phi) is 5.83. The van der Waals surface area contributed by atoms with E-state index < -0.39 is 11.9 Å². The van der Waals surface area contributed by atoms with Gasteiger partial charge in [-0.05, 0) is 42.3 Å². The highest BCUT2D eigenvalue weighted by atomic mass is 32.1. The molecule has 2 aromatic heterocycles. The van der Waals surface area contributed by atoms with E-state index in [1.807, 2.05) is 29.6 Å². The molecule has 0 spiro atoms. The number of benzene rings is 1. The number of ether oxygens (including phenoxy) is 1. The standard InChI is InChI=1S/C25H25NO4S/c1-5-29-25(28)20-15(4)26-24-22(21(20)17-10-8-16(9-11-17)14(2)3)23(27)19(30-24)13-18-7-6-12-31-18/h6-14,21,27H,5H2,1-4H3. The van der Waals surface area contributed by atoms with E-state index in [4.69, 9.17) is 9.15 Å². The van der Waals surface area contributed by atoms with E-state index in [1.165, 1.54) is 5.56 Å². The minimum atomic E-state index is -0.526. The van der Waals surface area contributed by atoms with Gasteiger partial charge < -0.3 is 14.3 Å². The molecule has 1 N–H and O–H groups in total. The van der Waals surface area contributed by atoms with Gasteiger partial charge in [-0.3, -0.25) is 0 Å². The lowest BCUT2D eigenvalue weighted by Gasteiger charge is -2.23. The molecular formula is C25H25NO4S. The molecule has 1 aliphatic heterocycles. The molecule has 4 rings (SSSR count). The average Bonchev–Trinajstić information content (AvgIpc) is 3.35. The summed E-state index contributed by atoms with van der Waals surface area (Å²) in [7, 11) is 0. The van der Waals surface area contributed by atoms with E-state index in [0.29, 0.717) is 33.7 Å². The first-order valence-electron chi connectivity index (χ1n) is 10.3. The van der Waals surface area contributed by atoms with Crippen LogP contribution < -0.4 is 11.0 Å². The molecule has 6 heteroatoms. The van der Waals surface area contributed by atoms with Crippen molar-refractivity contribution < 1.29 is 19.1 Å². The summed E-state index contributed by atoms with van der Waals surface area (Å²) in [5, 5.41) is 13.1. The Bertz CT molecular complexity index is 1250. The van der Waals surface area contributed by atoms with E-state index in [2.05, 4.69) is 31.0 Å². The smallest absolute Gasteiger partial charge is 0.336 e. The molecule has 1 aliphatic rings. The number of hydrogen-bond acceptors (Lipinski definition) is 6. The minimum Gasteiger partial charge on any atom is -0.504 e. The fourth-order valence-electron chi connectivity index (χ4n) is 3.83. The number of aromatic hydroxyl groups is 1. The summed E-state index contributed by atoms with van der Waals surface area (Å²) < 4.78 is 11.3. The number of rotatable bonds is 5. The number of nitrogens with zero attached hydrogens (tertiary/aromatic N) is 1. The van der Waals surface area contributed by atoms with Gasteiger partial charge in [0.2, 0.25) is 5.55 Å². The zero-order valence-electron chi connectivity index (χ0n) is 18.0. The maximum Gasteiger partial charge on any atom is 0.336 e. The normalized spacial score (nSPS) is 16.4. The summed E-state index contributed by atoms with van der Waals surface area (Å²) in [6.07, 6.45) is 1.78. The SMILES string of the molecule is CCOC(=O)C1=C(C)N=c2oc(=Cc3cccs3)c(O)c2C1c1ccc(C(C)C)cc1. The van der Waals surface area contributed by atoms with Gasteiger partial charge in [0.15, 0.2) is 11.2 Å². The highest BCUT2D eigenvalue weighted by molar-refractivity contribution is 7.10. The van der Waals surface area contributed by atoms with Crippen LogP contribution in [0.4, 0.5) is 0 Å². The summed E-state index contributed by atoms with van der Waals surface area (Å²) in [5.74, 6) is -0.569. The third-order valence-electron chi connectivity index (χ3n) is 5.41. The molecule has 0 bridgehead atoms. The van der Waals surface area contributed by atoms with E-state index >= 15 is 0 Å². The molecule has 3 aromatic rings. The summed E-state index contributed by atoms with van der Waals surface area (Å²) >= 11 is 1.54. The Hall–Kier alpha value is -3.12. The number of fused-ring (bicyclic) bond motifs is 1. The van der Waals surface area contributed by atoms with Crippen LogP contribution in [0.2, 0.25) is 0 Å². The van der Waals surface area contributed by atoms with Crippen molar-refractivity contribution in [1.29, 1.82) is 0 Å². The maximum atomic E-state index is 12.9. The fraction of sp³-hybridized carbons (Fsp3) is 0.280. The van der Waals surface area contributed by atoms with Crippen molar-refractivity contribution in [2.75, 3.05) is 6.61 Å². The summed E-state index contributed by atoms with van der Waals surface area (Å²) in [6, 6.07) is 12.0. The minimum absolute atomic E-state index is 0.000570. The summed E-state index contributed by atoms with van der Waals surface area (Å²) in [5.41, 5.74) is 4.17. The van der Waals surface area contributed by atoms with Gasteiger partial charge in [-0.15, -0.1) is 11.3 Å². The molecule has 0 saturated carbocycles. The Balaban J connectivity index is 1.93. The van der Waals surface area contributed by atoms with E-state index in [0.717, 1.165) is 10.4 Å². The number of carbonyl (C=O) groups excluding carboxylic acids is 1. The lowest BCUT2D eigenvalue weighted by molar-refractivity contribution is -0.138. The van der Waals surface area contributed by atoms with E-state index in [9.17, 15) is 9.90 Å². The van der Waals surface area contributed by atoms with Crippen molar-refractivity contribution in [1.82, 2.24) is 0 Å². The second-order valence-corrected chi connectivity index (χ2v) is 8.76. The molecule has 0 fully saturated rings. The van der Waals surface area contributed by atoms with Crippen LogP contribution in [-0.2, 0) is 9.53 Å². The monoisotopic (exact) mass is 435 g/mol. The fourth-order valence-corrected chi connectivity index (χ4v) is 4.48. The number of esters is 1. The summed E-state index contributed by atoms with van der Waals surface area (Å²) in [4.78, 5) is 18.3. The van der Waals surface area contributed by atoms with Crippen molar-refractivity contribution >= 4 is 23.4 Å². The number of thiophene rings is 1. The van der Waals surface area contributed by atoms with E-state index in [1.54, 1.807) is 31.3 Å². The molecule has 1 aromatic carbocycles. The van der Waals surface area contributed by atoms with Crippen LogP contribution in [0.3, 0.4) is 0 Å². The Labute approximate surface area is 185 Å². The molecule has 1 unspecified atom stereocenters. The second-order valence-electron chi connectivity index (χ2n) is 7.78. The highest BCUT2D eigenvalue weighted by Crippen LogP contribution is 2.39. The van der Waals surface area contributed by atoms with Gasteiger partial charge in [0.25, 0.3) is 0 Å². The van der Waals surface area contributed by atoms with Crippen LogP contribution in [0.15, 0.2) is 62.5 Å². The first kappa shape index (κ1) is 21.1. The van der Waals surface area contributed by atoms with Gasteiger partial charge in [0, 0.05) is 11.0 Å². The van der Waals surface area contributed by atoms with Crippen molar-refractivity contribution in [3.63, 3.8) is 0 Å². The quantitative estimate of drug-likeness (QED) is 0.595. The second kappa shape index (κ2) is 8.55. The molecule has 31 heavy (non-hydrogen) atoms. The van der Waals surface area contributed by atoms with Crippen molar-refractivity contribution in [2.45, 2.75) is 39.5 Å². The zero-order chi connectivity index (χ0) is 22.1. The Morgan fingerprint density at radius 1 is 1.29 bits per heavy atom. The molecular weight excluding hydrogens is 410 g/mol. The van der Waals surface area contributed by atoms with E-state index in [-0.39, 0.29) is 12.4 Å². The highest BCUT2D eigenvalue weighted by Gasteiger charge is 2.36. The molecule has 0 aliphatic carbocycles. The topological polar surface area (TPSA) is 72.0 Å². The largest absolute Gasteiger partial charge is 0.504 e. The molecule has 1 atom stereocenters. The van der Waals surface area contributed by atoms with Gasteiger partial charge in [-0.1, -0.05) is 44.2 Å². The van der Waals surface area contributed by atoms with Crippen molar-refractivity contribution in [3.8, 4) is 5.75 Å². The Morgan fingerprint density at radius 2 is 2.03 bits per heavy atom. The number of furan rings is 1. The van der Waals surface area contributed by atoms with Gasteiger partial charge in [-0.2, -0.15) is 0 Å². The van der Waals surface area contributed by atoms with Gasteiger partial charge in [0.05, 0.1) is 29.4 Å². The van der Waals surface area contributed by atoms with Crippen molar-refractivity contribution in [3.05, 3.63) is 85.6 Å². The van der Waals surface area contributed by atoms with Gasteiger partial charge in [0.1, 0.15) is 0 Å². The third kappa shape index (κ3) is 3.95. The maximum absolute atomic E-state index is 12.9. The van der Waals surface area contributed by atoms with Crippen LogP contribution in [0, 0.1) is 0 Å². The molecule has 0 saturated heterocycles. The first-order chi connectivity index (χ1) is 14.9. The van der Waals surface area contributed by atoms with Gasteiger partial charge >= 0.3 is 5.97 Å². The predicted octanol–water partition coefficient (Wildman–Crippen LogP) is 4.60. The zero-order valence-corrected chi connectivity index (χ0v) is 18.8.